The molecular formula is C36H43ClN4O8S. The zero-order valence-electron chi connectivity index (χ0n) is 28.0. The van der Waals surface area contributed by atoms with Gasteiger partial charge in [0, 0.05) is 23.9 Å². The highest BCUT2D eigenvalue weighted by Crippen LogP contribution is 2.45. The molecule has 0 bridgehead atoms. The maximum absolute atomic E-state index is 14.4. The van der Waals surface area contributed by atoms with E-state index in [1.165, 1.54) is 4.90 Å². The van der Waals surface area contributed by atoms with Crippen molar-refractivity contribution in [2.75, 3.05) is 6.26 Å². The van der Waals surface area contributed by atoms with Gasteiger partial charge in [0.1, 0.15) is 35.2 Å². The molecule has 2 heterocycles. The molecule has 14 heteroatoms. The largest absolute Gasteiger partial charge is 0.457 e. The normalized spacial score (nSPS) is 26.5. The van der Waals surface area contributed by atoms with Crippen LogP contribution in [-0.4, -0.2) is 67.1 Å². The molecule has 6 rings (SSSR count). The van der Waals surface area contributed by atoms with Crippen LogP contribution in [0.15, 0.2) is 54.6 Å². The minimum absolute atomic E-state index is 0.0609. The van der Waals surface area contributed by atoms with Crippen LogP contribution >= 0.6 is 11.6 Å². The molecule has 4 amide bonds. The lowest BCUT2D eigenvalue weighted by Gasteiger charge is -2.39. The molecule has 2 saturated carbocycles. The lowest BCUT2D eigenvalue weighted by Crippen LogP contribution is -2.61. The van der Waals surface area contributed by atoms with Gasteiger partial charge in [0.2, 0.25) is 21.8 Å². The number of hydrogen-bond acceptors (Lipinski definition) is 8. The molecule has 0 spiro atoms. The molecule has 2 aromatic rings. The predicted octanol–water partition coefficient (Wildman–Crippen LogP) is 4.89. The highest BCUT2D eigenvalue weighted by atomic mass is 35.5. The second-order valence-corrected chi connectivity index (χ2v) is 15.9. The number of nitrogens with zero attached hydrogens (tertiary/aromatic N) is 1. The molecule has 2 aliphatic carbocycles. The standard InChI is InChI=1S/C36H43ClN4O8S/c1-50(46,47)40-34(44)36-21-25(36)10-5-3-2-4-6-15-30(38-35(45)49-27-12-7-8-13-27)33(43)41-22-23-16-17-29(48-28-14-9-11-26(37)20-28)18-24(23)19-31(41)32(42)39-36/h5,9-11,14,16-18,20,25,27,30-31H,2-4,6-8,12-13,15,19,21-22H2,1H3,(H,38,45)(H,39,42)(H,40,44)/b10-5-/t25-,30+,31?,36-/m1/s1. The first-order valence-electron chi connectivity index (χ1n) is 17.2. The number of alkyl carbamates (subject to hydrolysis) is 1. The summed E-state index contributed by atoms with van der Waals surface area (Å²) >= 11 is 6.14. The molecule has 268 valence electrons. The Morgan fingerprint density at radius 2 is 1.74 bits per heavy atom. The molecule has 50 heavy (non-hydrogen) atoms. The van der Waals surface area contributed by atoms with Crippen LogP contribution in [-0.2, 0) is 42.1 Å². The first-order chi connectivity index (χ1) is 23.9. The van der Waals surface area contributed by atoms with E-state index in [0.29, 0.717) is 35.8 Å². The second-order valence-electron chi connectivity index (χ2n) is 13.7. The highest BCUT2D eigenvalue weighted by molar-refractivity contribution is 7.89. The molecule has 2 aliphatic heterocycles. The van der Waals surface area contributed by atoms with Crippen LogP contribution in [0.1, 0.15) is 75.3 Å². The summed E-state index contributed by atoms with van der Waals surface area (Å²) in [5.74, 6) is -1.25. The van der Waals surface area contributed by atoms with Crippen LogP contribution < -0.4 is 20.1 Å². The molecule has 0 aromatic heterocycles. The van der Waals surface area contributed by atoms with Crippen molar-refractivity contribution >= 4 is 45.4 Å². The molecular weight excluding hydrogens is 684 g/mol. The topological polar surface area (TPSA) is 160 Å². The van der Waals surface area contributed by atoms with Gasteiger partial charge >= 0.3 is 6.09 Å². The van der Waals surface area contributed by atoms with Gasteiger partial charge in [0.15, 0.2) is 0 Å². The number of ether oxygens (including phenoxy) is 2. The van der Waals surface area contributed by atoms with E-state index in [2.05, 4.69) is 10.6 Å². The third-order valence-electron chi connectivity index (χ3n) is 9.87. The number of amides is 4. The van der Waals surface area contributed by atoms with Crippen molar-refractivity contribution in [3.05, 3.63) is 70.8 Å². The fraction of sp³-hybridized carbons (Fsp3) is 0.500. The Labute approximate surface area is 297 Å². The van der Waals surface area contributed by atoms with E-state index >= 15 is 0 Å². The summed E-state index contributed by atoms with van der Waals surface area (Å²) in [6, 6.07) is 10.4. The molecule has 4 atom stereocenters. The molecule has 3 N–H and O–H groups in total. The van der Waals surface area contributed by atoms with Crippen LogP contribution in [0.5, 0.6) is 11.5 Å². The zero-order valence-corrected chi connectivity index (χ0v) is 29.6. The maximum Gasteiger partial charge on any atom is 0.408 e. The van der Waals surface area contributed by atoms with Gasteiger partial charge in [-0.1, -0.05) is 48.7 Å². The molecule has 12 nitrogen and oxygen atoms in total. The van der Waals surface area contributed by atoms with Crippen molar-refractivity contribution < 1.29 is 37.1 Å². The molecule has 1 unspecified atom stereocenters. The maximum atomic E-state index is 14.4. The van der Waals surface area contributed by atoms with Gasteiger partial charge in [0.05, 0.1) is 6.26 Å². The second kappa shape index (κ2) is 15.0. The molecule has 2 fully saturated rings. The number of benzene rings is 2. The van der Waals surface area contributed by atoms with Gasteiger partial charge in [-0.25, -0.2) is 13.2 Å². The van der Waals surface area contributed by atoms with Crippen LogP contribution in [0.25, 0.3) is 0 Å². The SMILES string of the molecule is CS(=O)(=O)NC(=O)[C@@]12C[C@H]1/C=C\CCCCC[C@H](NC(=O)OC1CCCC1)C(=O)N1Cc3ccc(Oc4cccc(Cl)c4)cc3CC1C(=O)N2. The number of fused-ring (bicyclic) bond motifs is 3. The summed E-state index contributed by atoms with van der Waals surface area (Å²) in [6.07, 6.45) is 11.0. The van der Waals surface area contributed by atoms with Crippen molar-refractivity contribution in [1.82, 2.24) is 20.3 Å². The molecule has 2 aromatic carbocycles. The first-order valence-corrected chi connectivity index (χ1v) is 19.5. The van der Waals surface area contributed by atoms with Gasteiger partial charge < -0.3 is 25.0 Å². The van der Waals surface area contributed by atoms with Crippen molar-refractivity contribution in [2.24, 2.45) is 5.92 Å². The minimum Gasteiger partial charge on any atom is -0.457 e. The average molecular weight is 727 g/mol. The summed E-state index contributed by atoms with van der Waals surface area (Å²) < 4.78 is 37.9. The smallest absolute Gasteiger partial charge is 0.408 e. The molecule has 0 saturated heterocycles. The lowest BCUT2D eigenvalue weighted by atomic mass is 9.91. The Morgan fingerprint density at radius 3 is 2.50 bits per heavy atom. The Morgan fingerprint density at radius 1 is 0.980 bits per heavy atom. The fourth-order valence-electron chi connectivity index (χ4n) is 7.14. The van der Waals surface area contributed by atoms with Gasteiger partial charge in [-0.05, 0) is 92.8 Å². The fourth-order valence-corrected chi connectivity index (χ4v) is 7.84. The van der Waals surface area contributed by atoms with E-state index in [1.54, 1.807) is 30.3 Å². The number of hydrogen-bond donors (Lipinski definition) is 3. The van der Waals surface area contributed by atoms with E-state index in [-0.39, 0.29) is 25.5 Å². The van der Waals surface area contributed by atoms with Crippen molar-refractivity contribution in [3.8, 4) is 11.5 Å². The Hall–Kier alpha value is -4.10. The van der Waals surface area contributed by atoms with Gasteiger partial charge in [0.25, 0.3) is 5.91 Å². The first kappa shape index (κ1) is 35.7. The average Bonchev–Trinajstić information content (AvgIpc) is 3.50. The number of carbonyl (C=O) groups excluding carboxylic acids is 4. The number of nitrogens with one attached hydrogen (secondary N) is 3. The van der Waals surface area contributed by atoms with Crippen LogP contribution in [0, 0.1) is 5.92 Å². The van der Waals surface area contributed by atoms with Crippen LogP contribution in [0.3, 0.4) is 0 Å². The minimum atomic E-state index is -3.91. The van der Waals surface area contributed by atoms with Crippen molar-refractivity contribution in [2.45, 2.75) is 101 Å². The number of allylic oxidation sites excluding steroid dienone is 1. The Balaban J connectivity index is 1.32. The molecule has 0 radical (unpaired) electrons. The summed E-state index contributed by atoms with van der Waals surface area (Å²) in [6.45, 7) is 0.0609. The summed E-state index contributed by atoms with van der Waals surface area (Å²) in [5.41, 5.74) is 0.0630. The highest BCUT2D eigenvalue weighted by Gasteiger charge is 2.61. The monoisotopic (exact) mass is 726 g/mol. The van der Waals surface area contributed by atoms with Gasteiger partial charge in [-0.15, -0.1) is 0 Å². The van der Waals surface area contributed by atoms with E-state index in [4.69, 9.17) is 21.1 Å². The van der Waals surface area contributed by atoms with Crippen LogP contribution in [0.2, 0.25) is 5.02 Å². The number of sulfonamides is 1. The lowest BCUT2D eigenvalue weighted by molar-refractivity contribution is -0.144. The number of carbonyl (C=O) groups is 4. The quantitative estimate of drug-likeness (QED) is 0.355. The Kier molecular flexibility index (Phi) is 10.7. The number of halogens is 1. The van der Waals surface area contributed by atoms with Gasteiger partial charge in [-0.3, -0.25) is 19.1 Å². The molecule has 4 aliphatic rings. The summed E-state index contributed by atoms with van der Waals surface area (Å²) in [7, 11) is -3.91. The van der Waals surface area contributed by atoms with E-state index in [1.807, 2.05) is 29.0 Å². The third-order valence-corrected chi connectivity index (χ3v) is 10.7. The predicted molar refractivity (Wildman–Crippen MR) is 186 cm³/mol. The van der Waals surface area contributed by atoms with Crippen LogP contribution in [0.4, 0.5) is 4.79 Å². The van der Waals surface area contributed by atoms with E-state index < -0.39 is 57.4 Å². The van der Waals surface area contributed by atoms with E-state index in [9.17, 15) is 27.6 Å². The van der Waals surface area contributed by atoms with Crippen molar-refractivity contribution in [3.63, 3.8) is 0 Å². The summed E-state index contributed by atoms with van der Waals surface area (Å²) in [4.78, 5) is 56.6. The van der Waals surface area contributed by atoms with Gasteiger partial charge in [-0.2, -0.15) is 0 Å². The Bertz CT molecular complexity index is 1780. The number of rotatable bonds is 6. The van der Waals surface area contributed by atoms with Crippen molar-refractivity contribution in [1.29, 1.82) is 0 Å². The van der Waals surface area contributed by atoms with E-state index in [0.717, 1.165) is 55.9 Å². The summed E-state index contributed by atoms with van der Waals surface area (Å²) in [5, 5.41) is 6.18. The third kappa shape index (κ3) is 8.60. The zero-order chi connectivity index (χ0) is 35.5.